The Hall–Kier alpha value is -2.26. The highest BCUT2D eigenvalue weighted by atomic mass is 35.5. The standard InChI is InChI=1S/C14H11ClN6/c15-11-10-12(19-8-18-11)21(7-14(10)3-1-4-14)13-17-5-2-9(6-16)20-13/h2,5,8H,1,3-4,7H2. The topological polar surface area (TPSA) is 78.6 Å². The van der Waals surface area contributed by atoms with Crippen LogP contribution in [0.3, 0.4) is 0 Å². The first-order chi connectivity index (χ1) is 10.2. The van der Waals surface area contributed by atoms with Crippen LogP contribution in [-0.2, 0) is 5.41 Å². The molecule has 0 radical (unpaired) electrons. The maximum absolute atomic E-state index is 9.00. The van der Waals surface area contributed by atoms with Crippen LogP contribution in [0.1, 0.15) is 30.5 Å². The van der Waals surface area contributed by atoms with Gasteiger partial charge in [-0.3, -0.25) is 4.90 Å². The molecule has 0 N–H and O–H groups in total. The largest absolute Gasteiger partial charge is 0.294 e. The smallest absolute Gasteiger partial charge is 0.232 e. The van der Waals surface area contributed by atoms with Gasteiger partial charge in [0.05, 0.1) is 0 Å². The van der Waals surface area contributed by atoms with Crippen LogP contribution in [0.25, 0.3) is 0 Å². The third-order valence-electron chi connectivity index (χ3n) is 4.34. The molecule has 2 aliphatic rings. The molecule has 7 heteroatoms. The monoisotopic (exact) mass is 298 g/mol. The molecule has 0 amide bonds. The van der Waals surface area contributed by atoms with Gasteiger partial charge in [0.15, 0.2) is 0 Å². The quantitative estimate of drug-likeness (QED) is 0.752. The van der Waals surface area contributed by atoms with Crippen LogP contribution in [-0.4, -0.2) is 26.5 Å². The molecule has 4 rings (SSSR count). The van der Waals surface area contributed by atoms with E-state index in [1.165, 1.54) is 12.7 Å². The van der Waals surface area contributed by atoms with Crippen molar-refractivity contribution in [2.75, 3.05) is 11.4 Å². The molecule has 3 heterocycles. The van der Waals surface area contributed by atoms with E-state index in [9.17, 15) is 0 Å². The molecule has 0 atom stereocenters. The van der Waals surface area contributed by atoms with Gasteiger partial charge in [0.1, 0.15) is 29.1 Å². The third kappa shape index (κ3) is 1.71. The van der Waals surface area contributed by atoms with Crippen molar-refractivity contribution in [2.45, 2.75) is 24.7 Å². The first-order valence-corrected chi connectivity index (χ1v) is 7.13. The van der Waals surface area contributed by atoms with E-state index in [-0.39, 0.29) is 5.41 Å². The lowest BCUT2D eigenvalue weighted by atomic mass is 9.66. The summed E-state index contributed by atoms with van der Waals surface area (Å²) in [5.41, 5.74) is 1.36. The molecule has 1 aliphatic heterocycles. The van der Waals surface area contributed by atoms with E-state index in [2.05, 4.69) is 19.9 Å². The van der Waals surface area contributed by atoms with E-state index in [0.717, 1.165) is 30.8 Å². The molecule has 1 spiro atoms. The molecule has 21 heavy (non-hydrogen) atoms. The van der Waals surface area contributed by atoms with Gasteiger partial charge in [0.25, 0.3) is 0 Å². The van der Waals surface area contributed by atoms with Gasteiger partial charge in [0.2, 0.25) is 5.95 Å². The number of anilines is 2. The van der Waals surface area contributed by atoms with Crippen molar-refractivity contribution >= 4 is 23.4 Å². The van der Waals surface area contributed by atoms with E-state index in [0.29, 0.717) is 16.8 Å². The highest BCUT2D eigenvalue weighted by Gasteiger charge is 2.50. The van der Waals surface area contributed by atoms with Crippen LogP contribution in [0.5, 0.6) is 0 Å². The molecule has 0 bridgehead atoms. The molecule has 104 valence electrons. The second-order valence-electron chi connectivity index (χ2n) is 5.44. The van der Waals surface area contributed by atoms with E-state index in [1.807, 2.05) is 11.0 Å². The number of hydrogen-bond donors (Lipinski definition) is 0. The summed E-state index contributed by atoms with van der Waals surface area (Å²) in [6.07, 6.45) is 6.37. The first kappa shape index (κ1) is 12.5. The molecule has 0 unspecified atom stereocenters. The van der Waals surface area contributed by atoms with Gasteiger partial charge < -0.3 is 0 Å². The van der Waals surface area contributed by atoms with Crippen molar-refractivity contribution in [3.8, 4) is 6.07 Å². The number of nitrogens with zero attached hydrogens (tertiary/aromatic N) is 6. The molecule has 2 aromatic heterocycles. The lowest BCUT2D eigenvalue weighted by Gasteiger charge is -2.38. The molecule has 1 fully saturated rings. The van der Waals surface area contributed by atoms with Gasteiger partial charge in [-0.2, -0.15) is 5.26 Å². The molecule has 0 aromatic carbocycles. The fourth-order valence-corrected chi connectivity index (χ4v) is 3.52. The summed E-state index contributed by atoms with van der Waals surface area (Å²) in [7, 11) is 0. The van der Waals surface area contributed by atoms with Crippen molar-refractivity contribution in [3.63, 3.8) is 0 Å². The third-order valence-corrected chi connectivity index (χ3v) is 4.62. The number of rotatable bonds is 1. The predicted molar refractivity (Wildman–Crippen MR) is 76.3 cm³/mol. The van der Waals surface area contributed by atoms with Gasteiger partial charge >= 0.3 is 0 Å². The fourth-order valence-electron chi connectivity index (χ4n) is 3.19. The van der Waals surface area contributed by atoms with Crippen molar-refractivity contribution in [1.82, 2.24) is 19.9 Å². The zero-order chi connectivity index (χ0) is 14.4. The van der Waals surface area contributed by atoms with Crippen molar-refractivity contribution < 1.29 is 0 Å². The van der Waals surface area contributed by atoms with E-state index in [4.69, 9.17) is 16.9 Å². The summed E-state index contributed by atoms with van der Waals surface area (Å²) in [5, 5.41) is 9.51. The van der Waals surface area contributed by atoms with Gasteiger partial charge in [-0.25, -0.2) is 19.9 Å². The number of fused-ring (bicyclic) bond motifs is 2. The Labute approximate surface area is 126 Å². The number of aromatic nitrogens is 4. The summed E-state index contributed by atoms with van der Waals surface area (Å²) in [6.45, 7) is 0.746. The first-order valence-electron chi connectivity index (χ1n) is 6.75. The van der Waals surface area contributed by atoms with Crippen LogP contribution in [0.15, 0.2) is 18.6 Å². The second-order valence-corrected chi connectivity index (χ2v) is 5.79. The Morgan fingerprint density at radius 2 is 2.14 bits per heavy atom. The minimum Gasteiger partial charge on any atom is -0.294 e. The molecular weight excluding hydrogens is 288 g/mol. The molecule has 1 aliphatic carbocycles. The van der Waals surface area contributed by atoms with Gasteiger partial charge in [0, 0.05) is 23.7 Å². The van der Waals surface area contributed by atoms with Crippen molar-refractivity contribution in [2.24, 2.45) is 0 Å². The zero-order valence-corrected chi connectivity index (χ0v) is 11.9. The molecule has 6 nitrogen and oxygen atoms in total. The Bertz CT molecular complexity index is 764. The van der Waals surface area contributed by atoms with Crippen molar-refractivity contribution in [3.05, 3.63) is 35.0 Å². The van der Waals surface area contributed by atoms with Crippen molar-refractivity contribution in [1.29, 1.82) is 5.26 Å². The SMILES string of the molecule is N#Cc1ccnc(N2CC3(CCC3)c3c(Cl)ncnc32)n1. The summed E-state index contributed by atoms with van der Waals surface area (Å²) >= 11 is 6.31. The van der Waals surface area contributed by atoms with E-state index in [1.54, 1.807) is 12.3 Å². The Morgan fingerprint density at radius 1 is 1.29 bits per heavy atom. The summed E-state index contributed by atoms with van der Waals surface area (Å²) in [5.74, 6) is 1.26. The van der Waals surface area contributed by atoms with Crippen LogP contribution in [0, 0.1) is 11.3 Å². The average Bonchev–Trinajstić information content (AvgIpc) is 2.84. The zero-order valence-electron chi connectivity index (χ0n) is 11.1. The Balaban J connectivity index is 1.86. The van der Waals surface area contributed by atoms with Crippen LogP contribution in [0.2, 0.25) is 5.15 Å². The maximum atomic E-state index is 9.00. The highest BCUT2D eigenvalue weighted by molar-refractivity contribution is 6.30. The number of hydrogen-bond acceptors (Lipinski definition) is 6. The molecule has 0 saturated heterocycles. The average molecular weight is 299 g/mol. The predicted octanol–water partition coefficient (Wildman–Crippen LogP) is 2.37. The van der Waals surface area contributed by atoms with Crippen LogP contribution < -0.4 is 4.90 Å². The molecule has 2 aromatic rings. The fraction of sp³-hybridized carbons (Fsp3) is 0.357. The molecular formula is C14H11ClN6. The summed E-state index contributed by atoms with van der Waals surface area (Å²) < 4.78 is 0. The maximum Gasteiger partial charge on any atom is 0.232 e. The lowest BCUT2D eigenvalue weighted by Crippen LogP contribution is -2.38. The van der Waals surface area contributed by atoms with Gasteiger partial charge in [-0.05, 0) is 18.9 Å². The minimum atomic E-state index is 0.0136. The second kappa shape index (κ2) is 4.37. The normalized spacial score (nSPS) is 18.2. The summed E-state index contributed by atoms with van der Waals surface area (Å²) in [4.78, 5) is 19.0. The Kier molecular flexibility index (Phi) is 2.59. The van der Waals surface area contributed by atoms with Gasteiger partial charge in [-0.15, -0.1) is 0 Å². The van der Waals surface area contributed by atoms with E-state index < -0.39 is 0 Å². The Morgan fingerprint density at radius 3 is 2.86 bits per heavy atom. The number of halogens is 1. The highest BCUT2D eigenvalue weighted by Crippen LogP contribution is 2.54. The van der Waals surface area contributed by atoms with Gasteiger partial charge in [-0.1, -0.05) is 18.0 Å². The van der Waals surface area contributed by atoms with E-state index >= 15 is 0 Å². The lowest BCUT2D eigenvalue weighted by molar-refractivity contribution is 0.266. The number of nitriles is 1. The minimum absolute atomic E-state index is 0.0136. The molecule has 1 saturated carbocycles. The van der Waals surface area contributed by atoms with Crippen LogP contribution in [0.4, 0.5) is 11.8 Å². The summed E-state index contributed by atoms with van der Waals surface area (Å²) in [6, 6.07) is 3.63. The van der Waals surface area contributed by atoms with Crippen LogP contribution >= 0.6 is 11.6 Å².